The number of nitrogens with one attached hydrogen (secondary N) is 7. The molecule has 2 aliphatic rings. The first kappa shape index (κ1) is 79.0. The Morgan fingerprint density at radius 2 is 1.40 bits per heavy atom. The second-order valence-corrected chi connectivity index (χ2v) is 24.6. The van der Waals surface area contributed by atoms with Crippen LogP contribution in [0.1, 0.15) is 92.1 Å². The molecule has 105 heavy (non-hydrogen) atoms. The molecule has 2 aliphatic heterocycles. The number of alkyl halides is 3. The van der Waals surface area contributed by atoms with Gasteiger partial charge < -0.3 is 64.5 Å². The fourth-order valence-corrected chi connectivity index (χ4v) is 11.2. The number of nitrogens with zero attached hydrogens (tertiary/aromatic N) is 5. The van der Waals surface area contributed by atoms with E-state index in [0.717, 1.165) is 29.2 Å². The maximum atomic E-state index is 15.7. The lowest BCUT2D eigenvalue weighted by Crippen LogP contribution is -2.54. The summed E-state index contributed by atoms with van der Waals surface area (Å²) in [6.07, 6.45) is 0.435. The first-order valence-electron chi connectivity index (χ1n) is 32.7. The molecule has 0 radical (unpaired) electrons. The van der Waals surface area contributed by atoms with Gasteiger partial charge in [-0.2, -0.15) is 13.2 Å². The lowest BCUT2D eigenvalue weighted by atomic mass is 10.0. The summed E-state index contributed by atoms with van der Waals surface area (Å²) in [6.45, 7) is 0.627. The van der Waals surface area contributed by atoms with E-state index in [1.54, 1.807) is 13.1 Å². The summed E-state index contributed by atoms with van der Waals surface area (Å²) in [6, 6.07) is 16.7. The largest absolute Gasteiger partial charge is 0.456 e. The van der Waals surface area contributed by atoms with Crippen LogP contribution >= 0.6 is 27.5 Å². The molecular weight excluding hydrogens is 1480 g/mol. The first-order chi connectivity index (χ1) is 50.4. The predicted molar refractivity (Wildman–Crippen MR) is 369 cm³/mol. The number of hydroxylamine groups is 1. The van der Waals surface area contributed by atoms with Gasteiger partial charge in [-0.25, -0.2) is 33.4 Å². The normalized spacial score (nSPS) is 13.5. The summed E-state index contributed by atoms with van der Waals surface area (Å²) < 4.78 is 121. The second kappa shape index (κ2) is 38.0. The van der Waals surface area contributed by atoms with E-state index in [-0.39, 0.29) is 160 Å². The first-order valence-corrected chi connectivity index (χ1v) is 33.9. The minimum absolute atomic E-state index is 0.00627. The molecule has 0 spiro atoms. The van der Waals surface area contributed by atoms with E-state index >= 15 is 4.39 Å². The van der Waals surface area contributed by atoms with E-state index in [1.165, 1.54) is 76.6 Å². The average molecular weight is 1550 g/mol. The number of fused-ring (bicyclic) bond motifs is 2. The number of imidazole rings is 1. The molecule has 9 rings (SSSR count). The number of imide groups is 2. The summed E-state index contributed by atoms with van der Waals surface area (Å²) in [4.78, 5) is 133. The van der Waals surface area contributed by atoms with Gasteiger partial charge >= 0.3 is 12.2 Å². The maximum Gasteiger partial charge on any atom is 0.417 e. The number of anilines is 5. The van der Waals surface area contributed by atoms with Gasteiger partial charge in [-0.15, -0.1) is 0 Å². The number of benzene rings is 5. The molecule has 7 aromatic rings. The topological polar surface area (TPSA) is 340 Å². The summed E-state index contributed by atoms with van der Waals surface area (Å²) in [5.41, 5.74) is 0.403. The van der Waals surface area contributed by atoms with Crippen LogP contribution < -0.4 is 47.0 Å². The summed E-state index contributed by atoms with van der Waals surface area (Å²) >= 11 is 8.81. The van der Waals surface area contributed by atoms with Crippen molar-refractivity contribution >= 4 is 120 Å². The van der Waals surface area contributed by atoms with Crippen LogP contribution in [0.2, 0.25) is 5.02 Å². The number of piperidine rings is 1. The zero-order chi connectivity index (χ0) is 75.2. The van der Waals surface area contributed by atoms with E-state index < -0.39 is 100 Å². The van der Waals surface area contributed by atoms with Crippen LogP contribution in [0.25, 0.3) is 11.0 Å². The molecule has 2 aromatic heterocycles. The highest BCUT2D eigenvalue weighted by Crippen LogP contribution is 2.38. The highest BCUT2D eigenvalue weighted by molar-refractivity contribution is 9.10. The van der Waals surface area contributed by atoms with E-state index in [2.05, 4.69) is 63.3 Å². The molecule has 1 atom stereocenters. The van der Waals surface area contributed by atoms with Crippen LogP contribution in [0.15, 0.2) is 108 Å². The zero-order valence-corrected chi connectivity index (χ0v) is 58.4. The molecule has 5 aromatic carbocycles. The Bertz CT molecular complexity index is 4330. The number of aryl methyl sites for hydroxylation is 1. The van der Waals surface area contributed by atoms with Crippen LogP contribution in [0, 0.1) is 17.5 Å². The molecular formula is C69H70BrClF6N12O16. The van der Waals surface area contributed by atoms with Gasteiger partial charge in [-0.1, -0.05) is 46.4 Å². The number of rotatable bonds is 38. The number of amides is 10. The van der Waals surface area contributed by atoms with Crippen LogP contribution in [-0.4, -0.2) is 171 Å². The van der Waals surface area contributed by atoms with Crippen molar-refractivity contribution in [2.24, 2.45) is 7.05 Å². The number of pyridine rings is 1. The SMILES string of the molecule is Cn1cnc2c(F)c(Nc3ccc(Br)cc3F)c(C(=O)NOCCOCCOCCCCCCN(C(=O)COCCOCCOCC(=O)NCCCNC(=O)c3ccc(Oc4ccc(NC(=O)Nc5ccc(Cl)c(C(F)(F)F)c5)c(F)c4)cn3)c3cccc4c3C(=O)N(C3CCC(=O)NC3=O)C4=O)cc21. The molecule has 1 saturated heterocycles. The summed E-state index contributed by atoms with van der Waals surface area (Å²) in [7, 11) is 1.63. The Hall–Kier alpha value is -10.1. The molecule has 1 unspecified atom stereocenters. The Kier molecular flexibility index (Phi) is 28.6. The molecule has 0 saturated carbocycles. The number of aromatic nitrogens is 3. The van der Waals surface area contributed by atoms with Crippen LogP contribution in [0.3, 0.4) is 0 Å². The van der Waals surface area contributed by atoms with E-state index in [9.17, 15) is 65.1 Å². The second-order valence-electron chi connectivity index (χ2n) is 23.3. The van der Waals surface area contributed by atoms with Crippen molar-refractivity contribution < 1.29 is 103 Å². The molecule has 0 bridgehead atoms. The standard InChI is InChI=1S/C69H70BrClF6N12O16/c1-87-39-81-62-55(87)35-45(61(60(62)74)83-50-15-10-40(70)32-48(50)72)63(93)86-104-31-30-101-25-24-99-23-5-3-2-4-22-88(53-9-6-8-44-59(53)67(97)89(66(44)96)54-18-19-56(90)85-65(54)95)58(92)38-103-29-27-100-26-28-102-37-57(91)78-20-7-21-79-64(94)52-17-13-43(36-80-52)105-42-12-16-51(49(73)34-42)84-68(98)82-41-11-14-47(71)46(33-41)69(75,76)77/h6,8-17,32-36,39,54,83H,2-5,7,18-31,37-38H2,1H3,(H,78,91)(H,79,94)(H,86,93)(H2,82,84,98)(H,85,90,95). The number of carbonyl (C=O) groups excluding carboxylic acids is 9. The summed E-state index contributed by atoms with van der Waals surface area (Å²) in [5, 5.41) is 14.0. The lowest BCUT2D eigenvalue weighted by molar-refractivity contribution is -0.138. The molecule has 28 nitrogen and oxygen atoms in total. The minimum atomic E-state index is -4.77. The number of hydrogen-bond donors (Lipinski definition) is 7. The van der Waals surface area contributed by atoms with Gasteiger partial charge in [0, 0.05) is 55.9 Å². The minimum Gasteiger partial charge on any atom is -0.456 e. The zero-order valence-electron chi connectivity index (χ0n) is 56.0. The van der Waals surface area contributed by atoms with Crippen LogP contribution in [0.4, 0.5) is 59.6 Å². The number of hydrogen-bond acceptors (Lipinski definition) is 19. The van der Waals surface area contributed by atoms with Gasteiger partial charge in [-0.3, -0.25) is 53.4 Å². The molecule has 4 heterocycles. The van der Waals surface area contributed by atoms with Gasteiger partial charge in [0.2, 0.25) is 17.7 Å². The van der Waals surface area contributed by atoms with E-state index in [0.29, 0.717) is 54.8 Å². The fourth-order valence-electron chi connectivity index (χ4n) is 10.7. The third-order valence-corrected chi connectivity index (χ3v) is 16.6. The maximum absolute atomic E-state index is 15.7. The van der Waals surface area contributed by atoms with Crippen LogP contribution in [0.5, 0.6) is 11.5 Å². The third-order valence-electron chi connectivity index (χ3n) is 15.8. The van der Waals surface area contributed by atoms with Gasteiger partial charge in [0.05, 0.1) is 121 Å². The van der Waals surface area contributed by atoms with Gasteiger partial charge in [-0.05, 0) is 105 Å². The quantitative estimate of drug-likeness (QED) is 0.00819. The van der Waals surface area contributed by atoms with E-state index in [1.807, 2.05) is 0 Å². The van der Waals surface area contributed by atoms with Crippen molar-refractivity contribution in [2.75, 3.05) is 113 Å². The number of ether oxygens (including phenoxy) is 6. The van der Waals surface area contributed by atoms with Crippen molar-refractivity contribution in [1.82, 2.24) is 40.9 Å². The smallest absolute Gasteiger partial charge is 0.417 e. The van der Waals surface area contributed by atoms with Gasteiger partial charge in [0.25, 0.3) is 29.5 Å². The molecule has 1 fully saturated rings. The van der Waals surface area contributed by atoms with Crippen molar-refractivity contribution in [3.63, 3.8) is 0 Å². The van der Waals surface area contributed by atoms with Crippen molar-refractivity contribution in [3.8, 4) is 11.5 Å². The van der Waals surface area contributed by atoms with Crippen molar-refractivity contribution in [2.45, 2.75) is 57.2 Å². The lowest BCUT2D eigenvalue weighted by Gasteiger charge is -2.28. The molecule has 7 N–H and O–H groups in total. The Morgan fingerprint density at radius 1 is 0.705 bits per heavy atom. The molecule has 0 aliphatic carbocycles. The number of urea groups is 1. The molecule has 10 amide bonds. The van der Waals surface area contributed by atoms with Crippen LogP contribution in [-0.2, 0) is 60.9 Å². The third kappa shape index (κ3) is 22.0. The Labute approximate surface area is 608 Å². The number of carbonyl (C=O) groups is 9. The van der Waals surface area contributed by atoms with Gasteiger partial charge in [0.15, 0.2) is 5.82 Å². The fraction of sp³-hybridized carbons (Fsp3) is 0.348. The average Bonchev–Trinajstić information content (AvgIpc) is 1.69. The van der Waals surface area contributed by atoms with Crippen molar-refractivity contribution in [1.29, 1.82) is 0 Å². The monoisotopic (exact) mass is 1550 g/mol. The van der Waals surface area contributed by atoms with E-state index in [4.69, 9.17) is 44.9 Å². The van der Waals surface area contributed by atoms with Crippen molar-refractivity contribution in [3.05, 3.63) is 158 Å². The summed E-state index contributed by atoms with van der Waals surface area (Å²) in [5.74, 6) is -7.51. The molecule has 36 heteroatoms. The Morgan fingerprint density at radius 3 is 2.12 bits per heavy atom. The van der Waals surface area contributed by atoms with Gasteiger partial charge in [0.1, 0.15) is 53.6 Å². The predicted octanol–water partition coefficient (Wildman–Crippen LogP) is 9.68. The number of halogens is 8. The highest BCUT2D eigenvalue weighted by atomic mass is 79.9. The number of unbranched alkanes of at least 4 members (excludes halogenated alkanes) is 3. The Balaban J connectivity index is 0.629. The molecule has 558 valence electrons. The highest BCUT2D eigenvalue weighted by Gasteiger charge is 2.46.